The van der Waals surface area contributed by atoms with Crippen molar-refractivity contribution in [3.8, 4) is 17.2 Å². The van der Waals surface area contributed by atoms with E-state index in [9.17, 15) is 14.0 Å². The van der Waals surface area contributed by atoms with Gasteiger partial charge in [-0.3, -0.25) is 4.79 Å². The van der Waals surface area contributed by atoms with Crippen molar-refractivity contribution in [1.29, 1.82) is 5.26 Å². The summed E-state index contributed by atoms with van der Waals surface area (Å²) in [7, 11) is 0. The standard InChI is InChI=1S/C30H26FN3O3/c31-27-14-19(16-33-28(27)15-32)29(35)18-12-20-6-5-7-21(13-18)34(20)30(36)37-17-26-24-10-3-1-8-22(24)23-9-2-4-11-25(23)26/h1-4,8-11,14,16,18,20-21,26H,5-7,12-13,17H2. The van der Waals surface area contributed by atoms with Crippen LogP contribution >= 0.6 is 0 Å². The van der Waals surface area contributed by atoms with Gasteiger partial charge in [-0.15, -0.1) is 0 Å². The Balaban J connectivity index is 1.16. The second kappa shape index (κ2) is 9.44. The minimum atomic E-state index is -0.787. The molecule has 0 N–H and O–H groups in total. The van der Waals surface area contributed by atoms with Gasteiger partial charge in [0.25, 0.3) is 0 Å². The number of nitriles is 1. The molecule has 3 heterocycles. The van der Waals surface area contributed by atoms with Crippen molar-refractivity contribution in [2.75, 3.05) is 6.61 Å². The predicted molar refractivity (Wildman–Crippen MR) is 134 cm³/mol. The highest BCUT2D eigenvalue weighted by Gasteiger charge is 2.44. The van der Waals surface area contributed by atoms with Gasteiger partial charge >= 0.3 is 6.09 Å². The van der Waals surface area contributed by atoms with Crippen molar-refractivity contribution in [3.05, 3.63) is 89.0 Å². The first-order valence-corrected chi connectivity index (χ1v) is 12.8. The van der Waals surface area contributed by atoms with Crippen LogP contribution in [0.25, 0.3) is 11.1 Å². The topological polar surface area (TPSA) is 83.3 Å². The van der Waals surface area contributed by atoms with Gasteiger partial charge in [0, 0.05) is 35.7 Å². The lowest BCUT2D eigenvalue weighted by Crippen LogP contribution is -2.55. The van der Waals surface area contributed by atoms with Gasteiger partial charge in [-0.05, 0) is 60.4 Å². The lowest BCUT2D eigenvalue weighted by Gasteiger charge is -2.47. The SMILES string of the molecule is N#Cc1ncc(C(=O)C2CC3CCCC(C2)N3C(=O)OCC2c3ccccc3-c3ccccc32)cc1F. The maximum atomic E-state index is 14.1. The molecule has 37 heavy (non-hydrogen) atoms. The molecule has 2 aliphatic heterocycles. The zero-order valence-electron chi connectivity index (χ0n) is 20.3. The number of ketones is 1. The van der Waals surface area contributed by atoms with Crippen molar-refractivity contribution in [2.45, 2.75) is 50.1 Å². The van der Waals surface area contributed by atoms with E-state index in [-0.39, 0.29) is 53.7 Å². The largest absolute Gasteiger partial charge is 0.448 e. The number of carbonyl (C=O) groups excluding carboxylic acids is 2. The van der Waals surface area contributed by atoms with Crippen LogP contribution in [-0.4, -0.2) is 40.5 Å². The molecule has 2 saturated heterocycles. The molecule has 2 bridgehead atoms. The van der Waals surface area contributed by atoms with Gasteiger partial charge in [0.2, 0.25) is 0 Å². The molecular weight excluding hydrogens is 469 g/mol. The molecule has 186 valence electrons. The summed E-state index contributed by atoms with van der Waals surface area (Å²) in [6.07, 6.45) is 4.60. The summed E-state index contributed by atoms with van der Waals surface area (Å²) in [5, 5.41) is 8.91. The molecule has 7 heteroatoms. The minimum absolute atomic E-state index is 0.00548. The maximum absolute atomic E-state index is 14.1. The van der Waals surface area contributed by atoms with E-state index in [0.717, 1.165) is 25.3 Å². The Morgan fingerprint density at radius 3 is 2.24 bits per heavy atom. The molecule has 0 radical (unpaired) electrons. The van der Waals surface area contributed by atoms with Crippen LogP contribution in [0.4, 0.5) is 9.18 Å². The van der Waals surface area contributed by atoms with Crippen molar-refractivity contribution in [1.82, 2.24) is 9.88 Å². The summed E-state index contributed by atoms with van der Waals surface area (Å²) in [4.78, 5) is 32.2. The third kappa shape index (κ3) is 4.07. The normalized spacial score (nSPS) is 22.1. The van der Waals surface area contributed by atoms with Crippen molar-refractivity contribution in [2.24, 2.45) is 5.92 Å². The molecule has 2 unspecified atom stereocenters. The number of nitrogens with zero attached hydrogens (tertiary/aromatic N) is 3. The highest BCUT2D eigenvalue weighted by molar-refractivity contribution is 5.98. The second-order valence-electron chi connectivity index (χ2n) is 10.1. The Morgan fingerprint density at radius 1 is 1.03 bits per heavy atom. The first-order chi connectivity index (χ1) is 18.0. The molecule has 3 aromatic rings. The number of halogens is 1. The van der Waals surface area contributed by atoms with E-state index in [1.54, 1.807) is 6.07 Å². The first kappa shape index (κ1) is 23.4. The number of pyridine rings is 1. The smallest absolute Gasteiger partial charge is 0.410 e. The number of benzene rings is 2. The lowest BCUT2D eigenvalue weighted by atomic mass is 9.76. The molecular formula is C30H26FN3O3. The fourth-order valence-corrected chi connectivity index (χ4v) is 6.45. The lowest BCUT2D eigenvalue weighted by molar-refractivity contribution is 0.00649. The monoisotopic (exact) mass is 495 g/mol. The van der Waals surface area contributed by atoms with Gasteiger partial charge < -0.3 is 9.64 Å². The van der Waals surface area contributed by atoms with Gasteiger partial charge in [0.15, 0.2) is 17.3 Å². The van der Waals surface area contributed by atoms with Crippen LogP contribution in [0.3, 0.4) is 0 Å². The number of ether oxygens (including phenoxy) is 1. The molecule has 1 aliphatic carbocycles. The number of amides is 1. The van der Waals surface area contributed by atoms with Gasteiger partial charge in [0.1, 0.15) is 12.7 Å². The van der Waals surface area contributed by atoms with E-state index >= 15 is 0 Å². The molecule has 2 aromatic carbocycles. The first-order valence-electron chi connectivity index (χ1n) is 12.8. The average molecular weight is 496 g/mol. The van der Waals surface area contributed by atoms with E-state index in [4.69, 9.17) is 10.00 Å². The summed E-state index contributed by atoms with van der Waals surface area (Å²) in [6, 6.07) is 19.1. The Kier molecular flexibility index (Phi) is 5.96. The number of piperidine rings is 2. The number of rotatable bonds is 4. The Bertz CT molecular complexity index is 1370. The van der Waals surface area contributed by atoms with E-state index < -0.39 is 5.82 Å². The van der Waals surface area contributed by atoms with E-state index in [1.165, 1.54) is 28.5 Å². The molecule has 2 fully saturated rings. The van der Waals surface area contributed by atoms with E-state index in [1.807, 2.05) is 29.2 Å². The van der Waals surface area contributed by atoms with Crippen LogP contribution in [0.1, 0.15) is 65.2 Å². The van der Waals surface area contributed by atoms with Gasteiger partial charge in [0.05, 0.1) is 0 Å². The van der Waals surface area contributed by atoms with Crippen LogP contribution < -0.4 is 0 Å². The summed E-state index contributed by atoms with van der Waals surface area (Å²) >= 11 is 0. The molecule has 3 aliphatic rings. The predicted octanol–water partition coefficient (Wildman–Crippen LogP) is 5.86. The fraction of sp³-hybridized carbons (Fsp3) is 0.333. The molecule has 0 spiro atoms. The van der Waals surface area contributed by atoms with Crippen LogP contribution in [0.5, 0.6) is 0 Å². The van der Waals surface area contributed by atoms with Crippen molar-refractivity contribution in [3.63, 3.8) is 0 Å². The van der Waals surface area contributed by atoms with Gasteiger partial charge in [-0.1, -0.05) is 48.5 Å². The van der Waals surface area contributed by atoms with Gasteiger partial charge in [-0.2, -0.15) is 5.26 Å². The van der Waals surface area contributed by atoms with Crippen molar-refractivity contribution < 1.29 is 18.7 Å². The number of aromatic nitrogens is 1. The number of hydrogen-bond acceptors (Lipinski definition) is 5. The molecule has 1 aromatic heterocycles. The summed E-state index contributed by atoms with van der Waals surface area (Å²) in [5.74, 6) is -1.29. The number of hydrogen-bond donors (Lipinski definition) is 0. The quantitative estimate of drug-likeness (QED) is 0.424. The fourth-order valence-electron chi connectivity index (χ4n) is 6.45. The Morgan fingerprint density at radius 2 is 1.65 bits per heavy atom. The number of carbonyl (C=O) groups is 2. The molecule has 1 amide bonds. The molecule has 6 nitrogen and oxygen atoms in total. The zero-order chi connectivity index (χ0) is 25.5. The van der Waals surface area contributed by atoms with E-state index in [0.29, 0.717) is 12.8 Å². The molecule has 2 atom stereocenters. The Hall–Kier alpha value is -4.05. The summed E-state index contributed by atoms with van der Waals surface area (Å²) in [5.41, 5.74) is 4.56. The zero-order valence-corrected chi connectivity index (χ0v) is 20.3. The van der Waals surface area contributed by atoms with E-state index in [2.05, 4.69) is 29.2 Å². The highest BCUT2D eigenvalue weighted by Crippen LogP contribution is 2.45. The van der Waals surface area contributed by atoms with Crippen LogP contribution in [-0.2, 0) is 4.74 Å². The Labute approximate surface area is 214 Å². The van der Waals surface area contributed by atoms with Crippen LogP contribution in [0.15, 0.2) is 60.8 Å². The third-order valence-corrected chi connectivity index (χ3v) is 8.12. The summed E-state index contributed by atoms with van der Waals surface area (Å²) in [6.45, 7) is 0.265. The van der Waals surface area contributed by atoms with Crippen LogP contribution in [0.2, 0.25) is 0 Å². The number of Topliss-reactive ketones (excluding diaryl/α,β-unsaturated/α-hetero) is 1. The maximum Gasteiger partial charge on any atom is 0.410 e. The number of fused-ring (bicyclic) bond motifs is 5. The highest BCUT2D eigenvalue weighted by atomic mass is 19.1. The van der Waals surface area contributed by atoms with Gasteiger partial charge in [-0.25, -0.2) is 14.2 Å². The average Bonchev–Trinajstić information content (AvgIpc) is 3.24. The molecule has 0 saturated carbocycles. The second-order valence-corrected chi connectivity index (χ2v) is 10.1. The minimum Gasteiger partial charge on any atom is -0.448 e. The molecule has 6 rings (SSSR count). The van der Waals surface area contributed by atoms with Crippen molar-refractivity contribution >= 4 is 11.9 Å². The van der Waals surface area contributed by atoms with Crippen LogP contribution in [0, 0.1) is 23.1 Å². The third-order valence-electron chi connectivity index (χ3n) is 8.12. The summed E-state index contributed by atoms with van der Waals surface area (Å²) < 4.78 is 20.0.